The van der Waals surface area contributed by atoms with Crippen LogP contribution in [0.4, 0.5) is 0 Å². The number of aromatic amines is 5. The Morgan fingerprint density at radius 3 is 1.23 bits per heavy atom. The molecule has 16 bridgehead atoms. The van der Waals surface area contributed by atoms with Crippen LogP contribution in [0.3, 0.4) is 0 Å². The van der Waals surface area contributed by atoms with Gasteiger partial charge in [0.2, 0.25) is 0 Å². The Kier molecular flexibility index (Phi) is 9.47. The first-order chi connectivity index (χ1) is 44.5. The van der Waals surface area contributed by atoms with Crippen molar-refractivity contribution in [3.05, 3.63) is 263 Å². The van der Waals surface area contributed by atoms with E-state index >= 15 is 0 Å². The quantitative estimate of drug-likeness (QED) is 0.110. The van der Waals surface area contributed by atoms with Gasteiger partial charge in [-0.3, -0.25) is 4.99 Å². The van der Waals surface area contributed by atoms with Gasteiger partial charge in [-0.25, -0.2) is 29.9 Å². The molecule has 0 aliphatic carbocycles. The molecule has 0 amide bonds. The van der Waals surface area contributed by atoms with E-state index in [0.717, 1.165) is 194 Å². The summed E-state index contributed by atoms with van der Waals surface area (Å²) in [5.41, 5.74) is 24.8. The molecule has 0 saturated carbocycles. The van der Waals surface area contributed by atoms with Gasteiger partial charge >= 0.3 is 0 Å². The topological polar surface area (TPSA) is 169 Å². The predicted octanol–water partition coefficient (Wildman–Crippen LogP) is 16.5. The summed E-state index contributed by atoms with van der Waals surface area (Å²) in [4.78, 5) is 57.9. The van der Waals surface area contributed by atoms with E-state index in [2.05, 4.69) is 255 Å². The Bertz CT molecular complexity index is 6150. The Morgan fingerprint density at radius 2 is 0.722 bits per heavy atom. The van der Waals surface area contributed by atoms with E-state index in [4.69, 9.17) is 34.9 Å². The van der Waals surface area contributed by atoms with Crippen molar-refractivity contribution >= 4 is 104 Å². The Morgan fingerprint density at radius 1 is 0.300 bits per heavy atom. The zero-order chi connectivity index (χ0) is 58.4. The summed E-state index contributed by atoms with van der Waals surface area (Å²) >= 11 is 0. The molecule has 0 radical (unpaired) electrons. The van der Waals surface area contributed by atoms with E-state index in [1.54, 1.807) is 0 Å². The largest absolute Gasteiger partial charge is 0.357 e. The lowest BCUT2D eigenvalue weighted by Gasteiger charge is -2.20. The Hall–Kier alpha value is -12.2. The second-order valence-electron chi connectivity index (χ2n) is 24.3. The smallest absolute Gasteiger partial charge is 0.138 e. The lowest BCUT2D eigenvalue weighted by molar-refractivity contribution is 0.709. The molecule has 21 rings (SSSR count). The number of rotatable bonds is 4. The van der Waals surface area contributed by atoms with Crippen molar-refractivity contribution in [2.24, 2.45) is 4.99 Å². The number of fused-ring (bicyclic) bond motifs is 18. The van der Waals surface area contributed by atoms with Gasteiger partial charge in [-0.1, -0.05) is 158 Å². The predicted molar refractivity (Wildman–Crippen MR) is 360 cm³/mol. The van der Waals surface area contributed by atoms with Gasteiger partial charge in [0.15, 0.2) is 0 Å². The Balaban J connectivity index is 0.704. The van der Waals surface area contributed by atoms with Crippen LogP contribution in [-0.2, 0) is 0 Å². The molecule has 0 saturated heterocycles. The van der Waals surface area contributed by atoms with Gasteiger partial charge in [-0.2, -0.15) is 0 Å². The van der Waals surface area contributed by atoms with Crippen molar-refractivity contribution in [2.75, 3.05) is 0 Å². The highest BCUT2D eigenvalue weighted by molar-refractivity contribution is 6.23. The van der Waals surface area contributed by atoms with E-state index < -0.39 is 0 Å². The van der Waals surface area contributed by atoms with E-state index in [1.807, 2.05) is 0 Å². The van der Waals surface area contributed by atoms with Gasteiger partial charge in [0.05, 0.1) is 107 Å². The minimum Gasteiger partial charge on any atom is -0.357 e. The standard InChI is InChI=1S/C78H46N12/c1-3-11-39(12-4-1)63-59-35-43-15-7-19-47(65(43)83-59)55-31-27-51-69(79-55)70-52(28-32-56(80-70)48-20-8-16-44-36-60(63)84-66(44)48)74-73(51)87-77(88-74)41-23-25-42(26-24-41)78-89-75-53-29-33-57-49-21-9-17-45-37-61(85-67(45)49)64(40-13-5-2-6-14-40)62-38-46-18-10-22-50(68(46)86-62)58-34-30-54(76(75)90-78)72(82-58)71(53)81-57/h1-38,59,63-64,84-86H,(H,87,88)(H,89,90). The summed E-state index contributed by atoms with van der Waals surface area (Å²) < 4.78 is 0. The van der Waals surface area contributed by atoms with Gasteiger partial charge in [-0.15, -0.1) is 0 Å². The molecule has 9 aromatic heterocycles. The molecule has 12 nitrogen and oxygen atoms in total. The minimum atomic E-state index is -0.138. The van der Waals surface area contributed by atoms with E-state index in [9.17, 15) is 0 Å². The summed E-state index contributed by atoms with van der Waals surface area (Å²) in [5, 5.41) is 9.13. The summed E-state index contributed by atoms with van der Waals surface area (Å²) in [6.45, 7) is 0. The maximum atomic E-state index is 5.56. The molecule has 12 heteroatoms. The van der Waals surface area contributed by atoms with Crippen LogP contribution in [0.15, 0.2) is 229 Å². The number of para-hydroxylation sites is 4. The van der Waals surface area contributed by atoms with Crippen molar-refractivity contribution in [3.8, 4) is 67.8 Å². The van der Waals surface area contributed by atoms with Crippen LogP contribution in [-0.4, -0.2) is 60.9 Å². The zero-order valence-electron chi connectivity index (χ0n) is 47.8. The summed E-state index contributed by atoms with van der Waals surface area (Å²) in [5.74, 6) is 1.37. The highest BCUT2D eigenvalue weighted by atomic mass is 15.0. The van der Waals surface area contributed by atoms with Crippen LogP contribution < -0.4 is 10.6 Å². The highest BCUT2D eigenvalue weighted by Gasteiger charge is 2.30. The number of hydrogen-bond acceptors (Lipinski definition) is 7. The number of benzene rings is 9. The molecule has 90 heavy (non-hydrogen) atoms. The molecule has 3 atom stereocenters. The molecule has 418 valence electrons. The third-order valence-electron chi connectivity index (χ3n) is 19.3. The molecule has 12 heterocycles. The Labute approximate surface area is 510 Å². The van der Waals surface area contributed by atoms with Crippen molar-refractivity contribution in [3.63, 3.8) is 0 Å². The number of imidazole rings is 2. The lowest BCUT2D eigenvalue weighted by Crippen LogP contribution is -2.23. The third kappa shape index (κ3) is 6.81. The molecule has 0 fully saturated rings. The van der Waals surface area contributed by atoms with Gasteiger partial charge in [-0.05, 0) is 89.2 Å². The maximum Gasteiger partial charge on any atom is 0.138 e. The minimum absolute atomic E-state index is 0.0416. The molecular formula is C78H46N12. The van der Waals surface area contributed by atoms with Crippen LogP contribution in [0.1, 0.15) is 40.0 Å². The summed E-state index contributed by atoms with van der Waals surface area (Å²) in [7, 11) is 0. The molecule has 0 spiro atoms. The molecular weight excluding hydrogens is 1100 g/mol. The average Bonchev–Trinajstić information content (AvgIpc) is 1.48. The van der Waals surface area contributed by atoms with Crippen LogP contribution in [0.5, 0.6) is 0 Å². The third-order valence-corrected chi connectivity index (χ3v) is 19.3. The first kappa shape index (κ1) is 48.0. The molecule has 9 aromatic carbocycles. The first-order valence-electron chi connectivity index (χ1n) is 30.6. The van der Waals surface area contributed by atoms with E-state index in [0.29, 0.717) is 0 Å². The average molecular weight is 1150 g/mol. The van der Waals surface area contributed by atoms with Crippen molar-refractivity contribution in [2.45, 2.75) is 17.9 Å². The lowest BCUT2D eigenvalue weighted by atomic mass is 9.89. The van der Waals surface area contributed by atoms with Crippen molar-refractivity contribution in [1.82, 2.24) is 54.8 Å². The number of H-pyrrole nitrogens is 5. The van der Waals surface area contributed by atoms with Gasteiger partial charge in [0.1, 0.15) is 11.6 Å². The normalized spacial score (nSPS) is 15.0. The van der Waals surface area contributed by atoms with Gasteiger partial charge in [0.25, 0.3) is 0 Å². The second kappa shape index (κ2) is 17.7. The summed E-state index contributed by atoms with van der Waals surface area (Å²) in [6.07, 6.45) is 2.32. The van der Waals surface area contributed by atoms with E-state index in [-0.39, 0.29) is 17.9 Å². The number of nitrogens with one attached hydrogen (secondary N) is 5. The van der Waals surface area contributed by atoms with E-state index in [1.165, 1.54) is 11.1 Å². The first-order valence-corrected chi connectivity index (χ1v) is 30.6. The molecule has 5 N–H and O–H groups in total. The number of pyridine rings is 4. The fourth-order valence-electron chi connectivity index (χ4n) is 15.2. The van der Waals surface area contributed by atoms with Crippen molar-refractivity contribution in [1.29, 1.82) is 0 Å². The van der Waals surface area contributed by atoms with Gasteiger partial charge < -0.3 is 24.9 Å². The fourth-order valence-corrected chi connectivity index (χ4v) is 15.2. The van der Waals surface area contributed by atoms with Crippen LogP contribution in [0, 0.1) is 0 Å². The zero-order valence-corrected chi connectivity index (χ0v) is 47.8. The van der Waals surface area contributed by atoms with Crippen LogP contribution in [0.25, 0.3) is 172 Å². The SMILES string of the molecule is C1=c2cccc3c2=NC1C(c1ccccc1)c1cc2cccc(c2[nH]1)-c1ccc2c(n1)c1nc-3ccc1c1nc(-c3ccc(-c4nc5c6ccc7nc6c6nc(ccc6c5[nH]4)-c4cccc5cc([nH]c45)C(c4ccccc4)c4cc5cccc-7c5[nH]4)cc3)[nH]c21. The molecule has 3 aliphatic heterocycles. The van der Waals surface area contributed by atoms with Crippen molar-refractivity contribution < 1.29 is 0 Å². The number of nitrogens with zero attached hydrogens (tertiary/aromatic N) is 7. The second-order valence-corrected chi connectivity index (χ2v) is 24.3. The number of hydrogen-bond donors (Lipinski definition) is 5. The van der Waals surface area contributed by atoms with Gasteiger partial charge in [0, 0.05) is 88.2 Å². The molecule has 3 aliphatic rings. The monoisotopic (exact) mass is 1150 g/mol. The van der Waals surface area contributed by atoms with Crippen LogP contribution >= 0.6 is 0 Å². The molecule has 3 unspecified atom stereocenters. The summed E-state index contributed by atoms with van der Waals surface area (Å²) in [6, 6.07) is 79.7. The molecule has 18 aromatic rings. The van der Waals surface area contributed by atoms with Crippen LogP contribution in [0.2, 0.25) is 0 Å². The highest BCUT2D eigenvalue weighted by Crippen LogP contribution is 2.44. The maximum absolute atomic E-state index is 5.56. The fraction of sp³-hybridized carbons (Fsp3) is 0.0385. The number of aromatic nitrogens is 11.